The molecule has 1 aliphatic heterocycles. The molecule has 35 heavy (non-hydrogen) atoms. The highest BCUT2D eigenvalue weighted by atomic mass is 19.4. The standard InChI is InChI=1S/C23H21F9N2O/c1-12-6-15(21(24,25)26)10-18-19(4-3-5-33-20(12)18)34(13(2)35)11-14-7-16(22(27,28)29)9-17(8-14)23(30,31)32/h6-10,19,33H,3-5,11H2,1-2H3. The number of fused-ring (bicyclic) bond motifs is 1. The van der Waals surface area contributed by atoms with Gasteiger partial charge in [0.25, 0.3) is 0 Å². The monoisotopic (exact) mass is 512 g/mol. The maximum Gasteiger partial charge on any atom is 0.416 e. The van der Waals surface area contributed by atoms with Gasteiger partial charge in [0, 0.05) is 25.7 Å². The lowest BCUT2D eigenvalue weighted by Crippen LogP contribution is -2.33. The number of anilines is 1. The predicted molar refractivity (Wildman–Crippen MR) is 109 cm³/mol. The van der Waals surface area contributed by atoms with Crippen LogP contribution in [0.5, 0.6) is 0 Å². The molecular weight excluding hydrogens is 491 g/mol. The average molecular weight is 512 g/mol. The molecule has 0 bridgehead atoms. The number of carbonyl (C=O) groups excluding carboxylic acids is 1. The molecule has 1 amide bonds. The van der Waals surface area contributed by atoms with Crippen molar-refractivity contribution in [3.8, 4) is 0 Å². The number of rotatable bonds is 3. The van der Waals surface area contributed by atoms with Gasteiger partial charge in [0.2, 0.25) is 5.91 Å². The summed E-state index contributed by atoms with van der Waals surface area (Å²) in [7, 11) is 0. The van der Waals surface area contributed by atoms with Crippen molar-refractivity contribution < 1.29 is 44.3 Å². The van der Waals surface area contributed by atoms with Crippen molar-refractivity contribution in [3.05, 3.63) is 63.7 Å². The normalized spacial score (nSPS) is 16.8. The largest absolute Gasteiger partial charge is 0.416 e. The van der Waals surface area contributed by atoms with E-state index in [0.29, 0.717) is 30.8 Å². The molecule has 3 nitrogen and oxygen atoms in total. The molecule has 0 aliphatic carbocycles. The van der Waals surface area contributed by atoms with Crippen LogP contribution in [0.25, 0.3) is 0 Å². The maximum absolute atomic E-state index is 13.5. The van der Waals surface area contributed by atoms with Gasteiger partial charge in [-0.1, -0.05) is 0 Å². The van der Waals surface area contributed by atoms with Gasteiger partial charge in [0.1, 0.15) is 0 Å². The number of nitrogens with one attached hydrogen (secondary N) is 1. The van der Waals surface area contributed by atoms with Gasteiger partial charge in [0.15, 0.2) is 0 Å². The number of aryl methyl sites for hydroxylation is 1. The molecule has 2 aromatic rings. The third kappa shape index (κ3) is 6.02. The highest BCUT2D eigenvalue weighted by Crippen LogP contribution is 2.42. The Kier molecular flexibility index (Phi) is 7.07. The minimum Gasteiger partial charge on any atom is -0.385 e. The summed E-state index contributed by atoms with van der Waals surface area (Å²) in [5, 5.41) is 3.01. The third-order valence-corrected chi connectivity index (χ3v) is 5.79. The number of alkyl halides is 9. The molecule has 0 saturated heterocycles. The molecule has 0 radical (unpaired) electrons. The fraction of sp³-hybridized carbons (Fsp3) is 0.435. The first-order valence-electron chi connectivity index (χ1n) is 10.5. The van der Waals surface area contributed by atoms with E-state index in [2.05, 4.69) is 5.32 Å². The van der Waals surface area contributed by atoms with Crippen molar-refractivity contribution in [1.82, 2.24) is 4.90 Å². The number of benzene rings is 2. The van der Waals surface area contributed by atoms with Crippen LogP contribution in [-0.4, -0.2) is 17.4 Å². The smallest absolute Gasteiger partial charge is 0.385 e. The van der Waals surface area contributed by atoms with Gasteiger partial charge < -0.3 is 10.2 Å². The Morgan fingerprint density at radius 1 is 0.886 bits per heavy atom. The quantitative estimate of drug-likeness (QED) is 0.437. The van der Waals surface area contributed by atoms with Gasteiger partial charge in [-0.3, -0.25) is 4.79 Å². The van der Waals surface area contributed by atoms with Crippen LogP contribution in [-0.2, 0) is 29.9 Å². The molecule has 0 aromatic heterocycles. The van der Waals surface area contributed by atoms with E-state index in [-0.39, 0.29) is 23.6 Å². The number of hydrogen-bond acceptors (Lipinski definition) is 2. The zero-order valence-electron chi connectivity index (χ0n) is 18.5. The zero-order chi connectivity index (χ0) is 26.3. The maximum atomic E-state index is 13.5. The summed E-state index contributed by atoms with van der Waals surface area (Å²) in [6, 6.07) is 1.81. The van der Waals surface area contributed by atoms with Gasteiger partial charge in [0.05, 0.1) is 22.7 Å². The second-order valence-electron chi connectivity index (χ2n) is 8.40. The number of nitrogens with zero attached hydrogens (tertiary/aromatic N) is 1. The van der Waals surface area contributed by atoms with Gasteiger partial charge in [-0.15, -0.1) is 0 Å². The molecule has 192 valence electrons. The molecule has 0 fully saturated rings. The van der Waals surface area contributed by atoms with E-state index in [9.17, 15) is 44.3 Å². The van der Waals surface area contributed by atoms with Crippen molar-refractivity contribution in [3.63, 3.8) is 0 Å². The summed E-state index contributed by atoms with van der Waals surface area (Å²) in [5.74, 6) is -0.705. The van der Waals surface area contributed by atoms with Gasteiger partial charge in [-0.25, -0.2) is 0 Å². The Morgan fingerprint density at radius 3 is 1.89 bits per heavy atom. The van der Waals surface area contributed by atoms with E-state index in [0.717, 1.165) is 24.0 Å². The van der Waals surface area contributed by atoms with Crippen molar-refractivity contribution in [1.29, 1.82) is 0 Å². The first-order valence-corrected chi connectivity index (χ1v) is 10.5. The fourth-order valence-electron chi connectivity index (χ4n) is 4.22. The summed E-state index contributed by atoms with van der Waals surface area (Å²) >= 11 is 0. The Balaban J connectivity index is 2.13. The fourth-order valence-corrected chi connectivity index (χ4v) is 4.22. The van der Waals surface area contributed by atoms with Crippen molar-refractivity contribution >= 4 is 11.6 Å². The Bertz CT molecular complexity index is 1070. The summed E-state index contributed by atoms with van der Waals surface area (Å²) in [5.41, 5.74) is -3.77. The molecule has 1 unspecified atom stereocenters. The van der Waals surface area contributed by atoms with Gasteiger partial charge in [-0.2, -0.15) is 39.5 Å². The predicted octanol–water partition coefficient (Wildman–Crippen LogP) is 7.35. The Labute approximate surface area is 194 Å². The highest BCUT2D eigenvalue weighted by molar-refractivity contribution is 5.75. The number of halogens is 9. The van der Waals surface area contributed by atoms with Crippen LogP contribution in [0.2, 0.25) is 0 Å². The molecule has 1 aliphatic rings. The first kappa shape index (κ1) is 26.7. The molecule has 12 heteroatoms. The molecule has 1 N–H and O–H groups in total. The molecule has 2 aromatic carbocycles. The Hall–Kier alpha value is -2.92. The second kappa shape index (κ2) is 9.27. The molecule has 0 saturated carbocycles. The highest BCUT2D eigenvalue weighted by Gasteiger charge is 2.38. The van der Waals surface area contributed by atoms with Crippen molar-refractivity contribution in [2.75, 3.05) is 11.9 Å². The van der Waals surface area contributed by atoms with E-state index in [1.807, 2.05) is 0 Å². The van der Waals surface area contributed by atoms with E-state index in [1.165, 1.54) is 6.92 Å². The lowest BCUT2D eigenvalue weighted by molar-refractivity contribution is -0.143. The molecule has 0 spiro atoms. The lowest BCUT2D eigenvalue weighted by atomic mass is 9.94. The summed E-state index contributed by atoms with van der Waals surface area (Å²) in [6.07, 6.45) is -14.3. The molecule has 1 atom stereocenters. The summed E-state index contributed by atoms with van der Waals surface area (Å²) in [6.45, 7) is 2.23. The van der Waals surface area contributed by atoms with Crippen molar-refractivity contribution in [2.24, 2.45) is 0 Å². The van der Waals surface area contributed by atoms with E-state index in [1.54, 1.807) is 0 Å². The average Bonchev–Trinajstić information content (AvgIpc) is 2.92. The molecule has 1 heterocycles. The first-order chi connectivity index (χ1) is 16.0. The second-order valence-corrected chi connectivity index (χ2v) is 8.40. The molecule has 3 rings (SSSR count). The van der Waals surface area contributed by atoms with E-state index < -0.39 is 59.3 Å². The number of hydrogen-bond donors (Lipinski definition) is 1. The number of carbonyl (C=O) groups is 1. The minimum absolute atomic E-state index is 0.0224. The lowest BCUT2D eigenvalue weighted by Gasteiger charge is -2.32. The zero-order valence-corrected chi connectivity index (χ0v) is 18.5. The van der Waals surface area contributed by atoms with Crippen LogP contribution in [0, 0.1) is 6.92 Å². The number of amides is 1. The topological polar surface area (TPSA) is 32.3 Å². The van der Waals surface area contributed by atoms with Gasteiger partial charge >= 0.3 is 18.5 Å². The van der Waals surface area contributed by atoms with Crippen LogP contribution in [0.15, 0.2) is 30.3 Å². The van der Waals surface area contributed by atoms with Crippen LogP contribution in [0.1, 0.15) is 59.2 Å². The van der Waals surface area contributed by atoms with Crippen LogP contribution in [0.4, 0.5) is 45.2 Å². The van der Waals surface area contributed by atoms with Gasteiger partial charge in [-0.05, 0) is 66.8 Å². The van der Waals surface area contributed by atoms with Crippen LogP contribution >= 0.6 is 0 Å². The summed E-state index contributed by atoms with van der Waals surface area (Å²) < 4.78 is 120. The molecular formula is C23H21F9N2O. The van der Waals surface area contributed by atoms with Crippen LogP contribution in [0.3, 0.4) is 0 Å². The SMILES string of the molecule is CC(=O)N(Cc1cc(C(F)(F)F)cc(C(F)(F)F)c1)C1CCCNc2c(C)cc(C(F)(F)F)cc21. The van der Waals surface area contributed by atoms with Crippen LogP contribution < -0.4 is 5.32 Å². The Morgan fingerprint density at radius 2 is 1.40 bits per heavy atom. The third-order valence-electron chi connectivity index (χ3n) is 5.79. The van der Waals surface area contributed by atoms with E-state index in [4.69, 9.17) is 0 Å². The van der Waals surface area contributed by atoms with Crippen molar-refractivity contribution in [2.45, 2.75) is 57.8 Å². The van der Waals surface area contributed by atoms with E-state index >= 15 is 0 Å². The summed E-state index contributed by atoms with van der Waals surface area (Å²) in [4.78, 5) is 13.6. The minimum atomic E-state index is -5.07.